The highest BCUT2D eigenvalue weighted by atomic mass is 35.5. The van der Waals surface area contributed by atoms with E-state index in [1.54, 1.807) is 0 Å². The molecular weight excluding hydrogens is 240 g/mol. The van der Waals surface area contributed by atoms with Gasteiger partial charge in [-0.1, -0.05) is 11.6 Å². The molecule has 0 bridgehead atoms. The van der Waals surface area contributed by atoms with E-state index >= 15 is 0 Å². The summed E-state index contributed by atoms with van der Waals surface area (Å²) in [5, 5.41) is 19.2. The SMILES string of the molecule is O=C(O)CONc1cc(Cl)ccc1[N+](=O)[O-]. The number of anilines is 1. The van der Waals surface area contributed by atoms with Crippen molar-refractivity contribution >= 4 is 28.9 Å². The van der Waals surface area contributed by atoms with Crippen LogP contribution >= 0.6 is 11.6 Å². The third-order valence-electron chi connectivity index (χ3n) is 1.53. The molecule has 1 aromatic rings. The number of hydrogen-bond donors (Lipinski definition) is 2. The number of benzene rings is 1. The van der Waals surface area contributed by atoms with Crippen LogP contribution in [0.15, 0.2) is 18.2 Å². The van der Waals surface area contributed by atoms with Crippen LogP contribution in [-0.4, -0.2) is 22.6 Å². The molecule has 1 aromatic carbocycles. The highest BCUT2D eigenvalue weighted by Gasteiger charge is 2.14. The summed E-state index contributed by atoms with van der Waals surface area (Å²) in [5.74, 6) is -1.20. The lowest BCUT2D eigenvalue weighted by Crippen LogP contribution is -2.12. The Hall–Kier alpha value is -1.86. The number of carboxylic acid groups (broad SMARTS) is 1. The Balaban J connectivity index is 2.80. The number of carboxylic acids is 1. The van der Waals surface area contributed by atoms with E-state index in [4.69, 9.17) is 16.7 Å². The largest absolute Gasteiger partial charge is 0.479 e. The molecule has 86 valence electrons. The smallest absolute Gasteiger partial charge is 0.332 e. The molecule has 0 unspecified atom stereocenters. The molecule has 0 aliphatic carbocycles. The number of hydrogen-bond acceptors (Lipinski definition) is 5. The highest BCUT2D eigenvalue weighted by molar-refractivity contribution is 6.31. The molecule has 7 nitrogen and oxygen atoms in total. The van der Waals surface area contributed by atoms with Crippen molar-refractivity contribution in [1.82, 2.24) is 0 Å². The molecular formula is C8H7ClN2O5. The normalized spacial score (nSPS) is 9.81. The summed E-state index contributed by atoms with van der Waals surface area (Å²) in [6, 6.07) is 3.80. The Kier molecular flexibility index (Phi) is 4.03. The van der Waals surface area contributed by atoms with E-state index < -0.39 is 17.5 Å². The molecule has 0 saturated heterocycles. The van der Waals surface area contributed by atoms with Crippen molar-refractivity contribution in [3.05, 3.63) is 33.3 Å². The first kappa shape index (κ1) is 12.2. The zero-order chi connectivity index (χ0) is 12.1. The molecule has 0 fully saturated rings. The fourth-order valence-corrected chi connectivity index (χ4v) is 1.10. The third kappa shape index (κ3) is 3.37. The summed E-state index contributed by atoms with van der Waals surface area (Å²) in [6.45, 7) is -0.621. The Morgan fingerprint density at radius 2 is 2.31 bits per heavy atom. The molecule has 0 atom stereocenters. The number of halogens is 1. The Bertz CT molecular complexity index is 423. The number of nitrogens with zero attached hydrogens (tertiary/aromatic N) is 1. The molecule has 0 spiro atoms. The number of aliphatic carboxylic acids is 1. The molecule has 0 saturated carbocycles. The minimum absolute atomic E-state index is 0.00116. The van der Waals surface area contributed by atoms with E-state index in [0.29, 0.717) is 0 Å². The average Bonchev–Trinajstić information content (AvgIpc) is 2.16. The van der Waals surface area contributed by atoms with Gasteiger partial charge in [0.05, 0.1) is 4.92 Å². The van der Waals surface area contributed by atoms with Gasteiger partial charge in [-0.3, -0.25) is 20.4 Å². The van der Waals surface area contributed by atoms with Crippen LogP contribution in [0.3, 0.4) is 0 Å². The van der Waals surface area contributed by atoms with Gasteiger partial charge in [0.25, 0.3) is 5.69 Å². The molecule has 1 rings (SSSR count). The fraction of sp³-hybridized carbons (Fsp3) is 0.125. The van der Waals surface area contributed by atoms with Gasteiger partial charge in [0.1, 0.15) is 5.69 Å². The molecule has 8 heteroatoms. The van der Waals surface area contributed by atoms with Gasteiger partial charge in [0, 0.05) is 11.1 Å². The maximum Gasteiger partial charge on any atom is 0.332 e. The zero-order valence-corrected chi connectivity index (χ0v) is 8.60. The summed E-state index contributed by atoms with van der Waals surface area (Å²) >= 11 is 5.63. The predicted octanol–water partition coefficient (Wildman–Crippen LogP) is 1.68. The molecule has 2 N–H and O–H groups in total. The first-order valence-electron chi connectivity index (χ1n) is 4.04. The fourth-order valence-electron chi connectivity index (χ4n) is 0.925. The molecule has 0 aromatic heterocycles. The Morgan fingerprint density at radius 1 is 1.62 bits per heavy atom. The van der Waals surface area contributed by atoms with Crippen molar-refractivity contribution in [2.24, 2.45) is 0 Å². The van der Waals surface area contributed by atoms with Gasteiger partial charge in [-0.25, -0.2) is 4.79 Å². The van der Waals surface area contributed by atoms with Crippen molar-refractivity contribution in [2.75, 3.05) is 12.1 Å². The number of nitro benzene ring substituents is 1. The quantitative estimate of drug-likeness (QED) is 0.605. The van der Waals surface area contributed by atoms with Crippen LogP contribution in [0.4, 0.5) is 11.4 Å². The predicted molar refractivity (Wildman–Crippen MR) is 55.3 cm³/mol. The van der Waals surface area contributed by atoms with Gasteiger partial charge in [-0.05, 0) is 12.1 Å². The van der Waals surface area contributed by atoms with E-state index in [9.17, 15) is 14.9 Å². The van der Waals surface area contributed by atoms with E-state index in [2.05, 4.69) is 10.3 Å². The zero-order valence-electron chi connectivity index (χ0n) is 7.84. The minimum Gasteiger partial charge on any atom is -0.479 e. The van der Waals surface area contributed by atoms with E-state index in [0.717, 1.165) is 0 Å². The van der Waals surface area contributed by atoms with Crippen LogP contribution in [0.25, 0.3) is 0 Å². The number of nitrogens with one attached hydrogen (secondary N) is 1. The number of nitro groups is 1. The second-order valence-electron chi connectivity index (χ2n) is 2.70. The third-order valence-corrected chi connectivity index (χ3v) is 1.77. The lowest BCUT2D eigenvalue weighted by Gasteiger charge is -2.05. The van der Waals surface area contributed by atoms with Gasteiger partial charge in [-0.2, -0.15) is 0 Å². The van der Waals surface area contributed by atoms with E-state index in [1.807, 2.05) is 0 Å². The van der Waals surface area contributed by atoms with E-state index in [1.165, 1.54) is 18.2 Å². The van der Waals surface area contributed by atoms with Crippen molar-refractivity contribution in [2.45, 2.75) is 0 Å². The van der Waals surface area contributed by atoms with Crippen LogP contribution < -0.4 is 5.48 Å². The molecule has 0 aliphatic heterocycles. The molecule has 16 heavy (non-hydrogen) atoms. The topological polar surface area (TPSA) is 102 Å². The van der Waals surface area contributed by atoms with Gasteiger partial charge in [-0.15, -0.1) is 0 Å². The van der Waals surface area contributed by atoms with Crippen molar-refractivity contribution in [3.63, 3.8) is 0 Å². The maximum absolute atomic E-state index is 10.6. The minimum atomic E-state index is -1.20. The average molecular weight is 247 g/mol. The monoisotopic (exact) mass is 246 g/mol. The van der Waals surface area contributed by atoms with Crippen molar-refractivity contribution < 1.29 is 19.7 Å². The second-order valence-corrected chi connectivity index (χ2v) is 3.14. The molecule has 0 radical (unpaired) electrons. The van der Waals surface area contributed by atoms with Crippen LogP contribution in [0.5, 0.6) is 0 Å². The van der Waals surface area contributed by atoms with Crippen LogP contribution in [0.1, 0.15) is 0 Å². The van der Waals surface area contributed by atoms with Crippen LogP contribution in [0, 0.1) is 10.1 Å². The Labute approximate surface area is 94.7 Å². The van der Waals surface area contributed by atoms with Crippen molar-refractivity contribution in [3.8, 4) is 0 Å². The number of rotatable bonds is 5. The second kappa shape index (κ2) is 5.29. The van der Waals surface area contributed by atoms with Gasteiger partial charge in [0.15, 0.2) is 6.61 Å². The van der Waals surface area contributed by atoms with Crippen LogP contribution in [-0.2, 0) is 9.63 Å². The Morgan fingerprint density at radius 3 is 2.88 bits per heavy atom. The first-order chi connectivity index (χ1) is 7.50. The van der Waals surface area contributed by atoms with Crippen LogP contribution in [0.2, 0.25) is 5.02 Å². The molecule has 0 aliphatic rings. The summed E-state index contributed by atoms with van der Waals surface area (Å²) in [6.07, 6.45) is 0. The van der Waals surface area contributed by atoms with Gasteiger partial charge in [0.2, 0.25) is 0 Å². The van der Waals surface area contributed by atoms with Gasteiger partial charge >= 0.3 is 5.97 Å². The van der Waals surface area contributed by atoms with E-state index in [-0.39, 0.29) is 16.4 Å². The summed E-state index contributed by atoms with van der Waals surface area (Å²) in [5.41, 5.74) is 1.90. The first-order valence-corrected chi connectivity index (χ1v) is 4.42. The standard InChI is InChI=1S/C8H7ClN2O5/c9-5-1-2-7(11(14)15)6(3-5)10-16-4-8(12)13/h1-3,10H,4H2,(H,12,13). The highest BCUT2D eigenvalue weighted by Crippen LogP contribution is 2.27. The van der Waals surface area contributed by atoms with Gasteiger partial charge < -0.3 is 5.11 Å². The molecule has 0 amide bonds. The molecule has 0 heterocycles. The summed E-state index contributed by atoms with van der Waals surface area (Å²) in [7, 11) is 0. The lowest BCUT2D eigenvalue weighted by molar-refractivity contribution is -0.384. The lowest BCUT2D eigenvalue weighted by atomic mass is 10.3. The summed E-state index contributed by atoms with van der Waals surface area (Å²) in [4.78, 5) is 24.6. The number of carbonyl (C=O) groups is 1. The summed E-state index contributed by atoms with van der Waals surface area (Å²) < 4.78 is 0. The van der Waals surface area contributed by atoms with Crippen molar-refractivity contribution in [1.29, 1.82) is 0 Å². The maximum atomic E-state index is 10.6.